The average Bonchev–Trinajstić information content (AvgIpc) is 3.13. The lowest BCUT2D eigenvalue weighted by Gasteiger charge is -2.33. The first-order valence-electron chi connectivity index (χ1n) is 10.6. The molecule has 1 aliphatic rings. The first-order chi connectivity index (χ1) is 14.8. The molecule has 1 aromatic carbocycles. The Morgan fingerprint density at radius 3 is 2.55 bits per heavy atom. The zero-order valence-corrected chi connectivity index (χ0v) is 18.0. The third-order valence-corrected chi connectivity index (χ3v) is 5.80. The molecule has 0 amide bonds. The number of aryl methyl sites for hydroxylation is 2. The molecule has 0 bridgehead atoms. The average molecular weight is 424 g/mol. The number of nitrogens with zero attached hydrogens (tertiary/aromatic N) is 5. The number of hydrogen-bond donors (Lipinski definition) is 0. The monoisotopic (exact) mass is 424 g/mol. The molecule has 164 valence electrons. The second-order valence-corrected chi connectivity index (χ2v) is 8.29. The van der Waals surface area contributed by atoms with Crippen molar-refractivity contribution in [2.45, 2.75) is 46.2 Å². The van der Waals surface area contributed by atoms with Crippen molar-refractivity contribution in [3.05, 3.63) is 50.7 Å². The van der Waals surface area contributed by atoms with Crippen molar-refractivity contribution in [1.29, 1.82) is 0 Å². The Morgan fingerprint density at radius 1 is 1.19 bits per heavy atom. The molecule has 9 nitrogen and oxygen atoms in total. The lowest BCUT2D eigenvalue weighted by molar-refractivity contribution is -0.306. The molecule has 0 spiro atoms. The van der Waals surface area contributed by atoms with Gasteiger partial charge in [0.25, 0.3) is 5.56 Å². The minimum atomic E-state index is -1.49. The molecular weight excluding hydrogens is 398 g/mol. The zero-order chi connectivity index (χ0) is 22.3. The van der Waals surface area contributed by atoms with E-state index in [0.717, 1.165) is 31.5 Å². The molecule has 0 saturated heterocycles. The van der Waals surface area contributed by atoms with Crippen LogP contribution in [-0.4, -0.2) is 31.2 Å². The third kappa shape index (κ3) is 3.64. The number of hydrogen-bond acceptors (Lipinski definition) is 6. The minimum absolute atomic E-state index is 0.218. The fraction of sp³-hybridized carbons (Fsp3) is 0.455. The normalized spacial score (nSPS) is 16.0. The molecule has 1 aliphatic heterocycles. The summed E-state index contributed by atoms with van der Waals surface area (Å²) in [6.07, 6.45) is 3.32. The molecule has 0 unspecified atom stereocenters. The number of anilines is 2. The summed E-state index contributed by atoms with van der Waals surface area (Å²) in [5, 5.41) is 11.1. The van der Waals surface area contributed by atoms with Gasteiger partial charge in [-0.05, 0) is 36.5 Å². The van der Waals surface area contributed by atoms with E-state index in [2.05, 4.69) is 43.1 Å². The number of carbonyl (C=O) groups is 1. The topological polar surface area (TPSA) is 105 Å². The van der Waals surface area contributed by atoms with E-state index >= 15 is 0 Å². The van der Waals surface area contributed by atoms with Gasteiger partial charge in [-0.1, -0.05) is 32.4 Å². The lowest BCUT2D eigenvalue weighted by Crippen LogP contribution is -2.44. The quantitative estimate of drug-likeness (QED) is 0.579. The number of carboxylic acid groups (broad SMARTS) is 1. The summed E-state index contributed by atoms with van der Waals surface area (Å²) in [6.45, 7) is 4.73. The third-order valence-electron chi connectivity index (χ3n) is 5.80. The van der Waals surface area contributed by atoms with Gasteiger partial charge in [-0.15, -0.1) is 0 Å². The van der Waals surface area contributed by atoms with Crippen LogP contribution >= 0.6 is 0 Å². The SMILES string of the molecule is CCCCc1ccc(N2C[C@@H](C)Cn3c2nc2c3c(=O)n(CC(=O)[O-])c(=O)n2C)cc1. The summed E-state index contributed by atoms with van der Waals surface area (Å²) < 4.78 is 3.71. The first-order valence-corrected chi connectivity index (χ1v) is 10.6. The fourth-order valence-electron chi connectivity index (χ4n) is 4.21. The maximum absolute atomic E-state index is 13.0. The van der Waals surface area contributed by atoms with Gasteiger partial charge in [-0.25, -0.2) is 4.79 Å². The maximum Gasteiger partial charge on any atom is 0.332 e. The minimum Gasteiger partial charge on any atom is -0.548 e. The van der Waals surface area contributed by atoms with E-state index < -0.39 is 23.8 Å². The Bertz CT molecular complexity index is 1250. The van der Waals surface area contributed by atoms with Crippen molar-refractivity contribution >= 4 is 28.8 Å². The number of carbonyl (C=O) groups excluding carboxylic acids is 1. The van der Waals surface area contributed by atoms with Gasteiger partial charge in [0.15, 0.2) is 11.2 Å². The molecule has 0 N–H and O–H groups in total. The molecule has 0 fully saturated rings. The van der Waals surface area contributed by atoms with E-state index in [1.165, 1.54) is 17.2 Å². The van der Waals surface area contributed by atoms with E-state index in [9.17, 15) is 19.5 Å². The Balaban J connectivity index is 1.86. The largest absolute Gasteiger partial charge is 0.548 e. The van der Waals surface area contributed by atoms with Crippen LogP contribution in [0, 0.1) is 5.92 Å². The number of benzene rings is 1. The molecule has 3 aromatic rings. The molecule has 0 radical (unpaired) electrons. The highest BCUT2D eigenvalue weighted by Gasteiger charge is 2.29. The summed E-state index contributed by atoms with van der Waals surface area (Å²) in [5.41, 5.74) is 1.33. The number of imidazole rings is 1. The number of aromatic nitrogens is 4. The van der Waals surface area contributed by atoms with Crippen LogP contribution in [0.25, 0.3) is 11.2 Å². The van der Waals surface area contributed by atoms with Gasteiger partial charge < -0.3 is 19.4 Å². The predicted molar refractivity (Wildman–Crippen MR) is 115 cm³/mol. The van der Waals surface area contributed by atoms with Gasteiger partial charge in [0.1, 0.15) is 0 Å². The summed E-state index contributed by atoms with van der Waals surface area (Å²) in [6, 6.07) is 8.33. The maximum atomic E-state index is 13.0. The van der Waals surface area contributed by atoms with Crippen molar-refractivity contribution < 1.29 is 9.90 Å². The number of carboxylic acids is 1. The van der Waals surface area contributed by atoms with Crippen LogP contribution in [0.1, 0.15) is 32.3 Å². The van der Waals surface area contributed by atoms with Crippen LogP contribution < -0.4 is 21.3 Å². The zero-order valence-electron chi connectivity index (χ0n) is 18.0. The first kappa shape index (κ1) is 20.9. The number of rotatable bonds is 6. The number of fused-ring (bicyclic) bond motifs is 3. The Hall–Kier alpha value is -3.36. The Labute approximate surface area is 179 Å². The summed E-state index contributed by atoms with van der Waals surface area (Å²) in [5.74, 6) is -0.696. The van der Waals surface area contributed by atoms with Crippen molar-refractivity contribution in [3.8, 4) is 0 Å². The van der Waals surface area contributed by atoms with E-state index in [-0.39, 0.29) is 17.1 Å². The molecule has 3 heterocycles. The molecule has 0 aliphatic carbocycles. The molecular formula is C22H26N5O4-. The van der Waals surface area contributed by atoms with Crippen LogP contribution in [-0.2, 0) is 31.4 Å². The van der Waals surface area contributed by atoms with E-state index in [1.54, 1.807) is 4.57 Å². The standard InChI is InChI=1S/C22H27N5O4/c1-4-5-6-15-7-9-16(10-8-15)25-11-14(2)12-26-18-19(23-21(25)26)24(3)22(31)27(20(18)30)13-17(28)29/h7-10,14H,4-6,11-13H2,1-3H3,(H,28,29)/p-1/t14-/m1/s1. The van der Waals surface area contributed by atoms with Crippen LogP contribution in [0.2, 0.25) is 0 Å². The highest BCUT2D eigenvalue weighted by molar-refractivity contribution is 5.77. The highest BCUT2D eigenvalue weighted by Crippen LogP contribution is 2.33. The number of unbranched alkanes of at least 4 members (excludes halogenated alkanes) is 1. The predicted octanol–water partition coefficient (Wildman–Crippen LogP) is 0.777. The Kier molecular flexibility index (Phi) is 5.43. The molecule has 2 aromatic heterocycles. The van der Waals surface area contributed by atoms with Gasteiger partial charge in [-0.2, -0.15) is 4.98 Å². The second-order valence-electron chi connectivity index (χ2n) is 8.29. The molecule has 4 rings (SSSR count). The van der Waals surface area contributed by atoms with Crippen molar-refractivity contribution in [2.75, 3.05) is 11.4 Å². The van der Waals surface area contributed by atoms with Crippen LogP contribution in [0.4, 0.5) is 11.6 Å². The van der Waals surface area contributed by atoms with Gasteiger partial charge >= 0.3 is 5.69 Å². The summed E-state index contributed by atoms with van der Waals surface area (Å²) in [4.78, 5) is 43.4. The van der Waals surface area contributed by atoms with Crippen molar-refractivity contribution in [3.63, 3.8) is 0 Å². The van der Waals surface area contributed by atoms with E-state index in [1.807, 2.05) is 4.90 Å². The van der Waals surface area contributed by atoms with Crippen LogP contribution in [0.3, 0.4) is 0 Å². The van der Waals surface area contributed by atoms with Gasteiger partial charge in [-0.3, -0.25) is 13.9 Å². The van der Waals surface area contributed by atoms with Crippen LogP contribution in [0.5, 0.6) is 0 Å². The van der Waals surface area contributed by atoms with E-state index in [0.29, 0.717) is 17.1 Å². The molecule has 1 atom stereocenters. The van der Waals surface area contributed by atoms with Crippen molar-refractivity contribution in [2.24, 2.45) is 13.0 Å². The summed E-state index contributed by atoms with van der Waals surface area (Å²) in [7, 11) is 1.49. The smallest absolute Gasteiger partial charge is 0.332 e. The van der Waals surface area contributed by atoms with Gasteiger partial charge in [0, 0.05) is 25.8 Å². The highest BCUT2D eigenvalue weighted by atomic mass is 16.4. The Morgan fingerprint density at radius 2 is 1.90 bits per heavy atom. The van der Waals surface area contributed by atoms with Gasteiger partial charge in [0.05, 0.1) is 12.5 Å². The molecule has 0 saturated carbocycles. The molecule has 31 heavy (non-hydrogen) atoms. The summed E-state index contributed by atoms with van der Waals surface area (Å²) >= 11 is 0. The van der Waals surface area contributed by atoms with Crippen molar-refractivity contribution in [1.82, 2.24) is 18.7 Å². The molecule has 9 heteroatoms. The fourth-order valence-corrected chi connectivity index (χ4v) is 4.21. The van der Waals surface area contributed by atoms with Gasteiger partial charge in [0.2, 0.25) is 5.95 Å². The van der Waals surface area contributed by atoms with E-state index in [4.69, 9.17) is 0 Å². The lowest BCUT2D eigenvalue weighted by atomic mass is 10.1. The number of aliphatic carboxylic acids is 1. The van der Waals surface area contributed by atoms with Crippen LogP contribution in [0.15, 0.2) is 33.9 Å². The second kappa shape index (κ2) is 8.05.